The van der Waals surface area contributed by atoms with Crippen LogP contribution in [-0.2, 0) is 11.2 Å². The summed E-state index contributed by atoms with van der Waals surface area (Å²) in [5.41, 5.74) is 0. The van der Waals surface area contributed by atoms with Crippen molar-refractivity contribution in [2.45, 2.75) is 25.2 Å². The predicted octanol–water partition coefficient (Wildman–Crippen LogP) is 1.10. The van der Waals surface area contributed by atoms with E-state index in [1.54, 1.807) is 6.20 Å². The zero-order valence-corrected chi connectivity index (χ0v) is 8.11. The maximum Gasteiger partial charge on any atom is 0.199 e. The first-order valence-corrected chi connectivity index (χ1v) is 5.03. The van der Waals surface area contributed by atoms with Crippen LogP contribution in [0.3, 0.4) is 0 Å². The van der Waals surface area contributed by atoms with Gasteiger partial charge in [0.15, 0.2) is 5.89 Å². The summed E-state index contributed by atoms with van der Waals surface area (Å²) in [6, 6.07) is 0. The van der Waals surface area contributed by atoms with Crippen LogP contribution in [0, 0.1) is 0 Å². The number of aliphatic hydroxyl groups is 1. The molecule has 0 spiro atoms. The average molecular weight is 197 g/mol. The minimum Gasteiger partial charge on any atom is -0.445 e. The lowest BCUT2D eigenvalue weighted by atomic mass is 10.0. The maximum atomic E-state index is 8.73. The Kier molecular flexibility index (Phi) is 3.16. The number of aliphatic hydroxyl groups excluding tert-OH is 1. The Balaban J connectivity index is 2.00. The van der Waals surface area contributed by atoms with Gasteiger partial charge < -0.3 is 14.3 Å². The summed E-state index contributed by atoms with van der Waals surface area (Å²) in [4.78, 5) is 4.20. The van der Waals surface area contributed by atoms with E-state index in [1.165, 1.54) is 0 Å². The van der Waals surface area contributed by atoms with E-state index >= 15 is 0 Å². The maximum absolute atomic E-state index is 8.73. The monoisotopic (exact) mass is 197 g/mol. The smallest absolute Gasteiger partial charge is 0.199 e. The largest absolute Gasteiger partial charge is 0.445 e. The Bertz CT molecular complexity index is 279. The van der Waals surface area contributed by atoms with Crippen molar-refractivity contribution in [1.82, 2.24) is 4.98 Å². The average Bonchev–Trinajstić information content (AvgIpc) is 2.68. The van der Waals surface area contributed by atoms with Gasteiger partial charge >= 0.3 is 0 Å². The molecule has 1 aromatic rings. The Hall–Kier alpha value is -0.870. The Morgan fingerprint density at radius 1 is 1.57 bits per heavy atom. The second-order valence-corrected chi connectivity index (χ2v) is 3.55. The van der Waals surface area contributed by atoms with Gasteiger partial charge in [-0.15, -0.1) is 0 Å². The van der Waals surface area contributed by atoms with Crippen LogP contribution in [0.5, 0.6) is 0 Å². The standard InChI is InChI=1S/C10H15NO3/c12-4-3-9-6-11-10(14-9)8-2-1-5-13-7-8/h6,8,12H,1-5,7H2. The summed E-state index contributed by atoms with van der Waals surface area (Å²) in [5.74, 6) is 1.82. The molecule has 0 bridgehead atoms. The minimum atomic E-state index is 0.107. The summed E-state index contributed by atoms with van der Waals surface area (Å²) in [6.45, 7) is 1.66. The zero-order valence-electron chi connectivity index (χ0n) is 8.11. The molecule has 1 aliphatic rings. The number of hydrogen-bond donors (Lipinski definition) is 1. The molecule has 4 heteroatoms. The van der Waals surface area contributed by atoms with Crippen molar-refractivity contribution in [3.8, 4) is 0 Å². The van der Waals surface area contributed by atoms with E-state index in [4.69, 9.17) is 14.3 Å². The topological polar surface area (TPSA) is 55.5 Å². The Morgan fingerprint density at radius 3 is 3.21 bits per heavy atom. The molecule has 2 rings (SSSR count). The van der Waals surface area contributed by atoms with Crippen molar-refractivity contribution in [2.75, 3.05) is 19.8 Å². The summed E-state index contributed by atoms with van der Waals surface area (Å²) >= 11 is 0. The number of oxazole rings is 1. The molecule has 2 heterocycles. The molecule has 1 unspecified atom stereocenters. The van der Waals surface area contributed by atoms with Crippen molar-refractivity contribution < 1.29 is 14.3 Å². The summed E-state index contributed by atoms with van der Waals surface area (Å²) in [6.07, 6.45) is 4.39. The van der Waals surface area contributed by atoms with Crippen molar-refractivity contribution in [1.29, 1.82) is 0 Å². The van der Waals surface area contributed by atoms with Gasteiger partial charge in [-0.05, 0) is 12.8 Å². The van der Waals surface area contributed by atoms with Gasteiger partial charge in [-0.25, -0.2) is 4.98 Å². The number of rotatable bonds is 3. The van der Waals surface area contributed by atoms with Crippen molar-refractivity contribution in [3.63, 3.8) is 0 Å². The van der Waals surface area contributed by atoms with E-state index < -0.39 is 0 Å². The fourth-order valence-electron chi connectivity index (χ4n) is 1.67. The van der Waals surface area contributed by atoms with Crippen molar-refractivity contribution >= 4 is 0 Å². The van der Waals surface area contributed by atoms with Crippen LogP contribution in [0.25, 0.3) is 0 Å². The lowest BCUT2D eigenvalue weighted by molar-refractivity contribution is 0.0721. The molecule has 1 N–H and O–H groups in total. The molecule has 1 aliphatic heterocycles. The molecule has 78 valence electrons. The van der Waals surface area contributed by atoms with Gasteiger partial charge in [0.25, 0.3) is 0 Å². The zero-order chi connectivity index (χ0) is 9.80. The van der Waals surface area contributed by atoms with Gasteiger partial charge in [0.05, 0.1) is 25.3 Å². The molecule has 1 aromatic heterocycles. The highest BCUT2D eigenvalue weighted by Crippen LogP contribution is 2.24. The summed E-state index contributed by atoms with van der Waals surface area (Å²) < 4.78 is 10.9. The number of hydrogen-bond acceptors (Lipinski definition) is 4. The van der Waals surface area contributed by atoms with Gasteiger partial charge in [-0.2, -0.15) is 0 Å². The van der Waals surface area contributed by atoms with Gasteiger partial charge in [-0.3, -0.25) is 0 Å². The highest BCUT2D eigenvalue weighted by Gasteiger charge is 2.20. The van der Waals surface area contributed by atoms with Gasteiger partial charge in [-0.1, -0.05) is 0 Å². The van der Waals surface area contributed by atoms with Crippen LogP contribution in [0.1, 0.15) is 30.4 Å². The van der Waals surface area contributed by atoms with Crippen LogP contribution in [0.2, 0.25) is 0 Å². The van der Waals surface area contributed by atoms with E-state index in [2.05, 4.69) is 4.98 Å². The van der Waals surface area contributed by atoms with E-state index in [9.17, 15) is 0 Å². The molecular weight excluding hydrogens is 182 g/mol. The van der Waals surface area contributed by atoms with Gasteiger partial charge in [0, 0.05) is 13.0 Å². The third-order valence-electron chi connectivity index (χ3n) is 2.44. The first-order valence-electron chi connectivity index (χ1n) is 5.03. The molecule has 0 saturated carbocycles. The highest BCUT2D eigenvalue weighted by molar-refractivity contribution is 5.00. The normalized spacial score (nSPS) is 22.5. The Morgan fingerprint density at radius 2 is 2.50 bits per heavy atom. The SMILES string of the molecule is OCCc1cnc(C2CCCOC2)o1. The molecular formula is C10H15NO3. The van der Waals surface area contributed by atoms with Crippen LogP contribution in [0.4, 0.5) is 0 Å². The number of ether oxygens (including phenoxy) is 1. The lowest BCUT2D eigenvalue weighted by Crippen LogP contribution is -2.15. The quantitative estimate of drug-likeness (QED) is 0.788. The summed E-state index contributed by atoms with van der Waals surface area (Å²) in [7, 11) is 0. The van der Waals surface area contributed by atoms with Gasteiger partial charge in [0.2, 0.25) is 0 Å². The molecule has 4 nitrogen and oxygen atoms in total. The highest BCUT2D eigenvalue weighted by atomic mass is 16.5. The van der Waals surface area contributed by atoms with E-state index in [0.29, 0.717) is 18.9 Å². The molecule has 1 atom stereocenters. The predicted molar refractivity (Wildman–Crippen MR) is 50.1 cm³/mol. The van der Waals surface area contributed by atoms with E-state index in [1.807, 2.05) is 0 Å². The molecule has 14 heavy (non-hydrogen) atoms. The fraction of sp³-hybridized carbons (Fsp3) is 0.700. The number of aromatic nitrogens is 1. The second-order valence-electron chi connectivity index (χ2n) is 3.55. The first kappa shape index (κ1) is 9.68. The third kappa shape index (κ3) is 2.13. The van der Waals surface area contributed by atoms with Crippen LogP contribution < -0.4 is 0 Å². The molecule has 1 saturated heterocycles. The van der Waals surface area contributed by atoms with E-state index in [-0.39, 0.29) is 6.61 Å². The molecule has 0 radical (unpaired) electrons. The fourth-order valence-corrected chi connectivity index (χ4v) is 1.67. The number of nitrogens with zero attached hydrogens (tertiary/aromatic N) is 1. The lowest BCUT2D eigenvalue weighted by Gasteiger charge is -2.18. The van der Waals surface area contributed by atoms with Crippen LogP contribution >= 0.6 is 0 Å². The third-order valence-corrected chi connectivity index (χ3v) is 2.44. The van der Waals surface area contributed by atoms with Crippen LogP contribution in [-0.4, -0.2) is 29.9 Å². The molecule has 0 aromatic carbocycles. The molecule has 0 amide bonds. The Labute approximate surface area is 82.9 Å². The van der Waals surface area contributed by atoms with Crippen LogP contribution in [0.15, 0.2) is 10.6 Å². The first-order chi connectivity index (χ1) is 6.90. The molecule has 0 aliphatic carbocycles. The second kappa shape index (κ2) is 4.57. The molecule has 1 fully saturated rings. The van der Waals surface area contributed by atoms with Crippen molar-refractivity contribution in [2.24, 2.45) is 0 Å². The minimum absolute atomic E-state index is 0.107. The van der Waals surface area contributed by atoms with Gasteiger partial charge in [0.1, 0.15) is 5.76 Å². The van der Waals surface area contributed by atoms with E-state index in [0.717, 1.165) is 31.1 Å². The summed E-state index contributed by atoms with van der Waals surface area (Å²) in [5, 5.41) is 8.73. The van der Waals surface area contributed by atoms with Crippen molar-refractivity contribution in [3.05, 3.63) is 17.8 Å².